The number of nitrogens with zero attached hydrogens (tertiary/aromatic N) is 6. The molecule has 0 aromatic heterocycles. The predicted molar refractivity (Wildman–Crippen MR) is 121 cm³/mol. The first kappa shape index (κ1) is 27.8. The molecular formula is C16H48N6OP2. The van der Waals surface area contributed by atoms with E-state index >= 15 is 0 Å². The maximum atomic E-state index is 2.47. The van der Waals surface area contributed by atoms with E-state index in [0.717, 1.165) is 0 Å². The van der Waals surface area contributed by atoms with Crippen LogP contribution in [0, 0.1) is 0 Å². The first-order chi connectivity index (χ1) is 10.9. The Kier molecular flexibility index (Phi) is 12.7. The fraction of sp³-hybridized carbons (Fsp3) is 1.00. The van der Waals surface area contributed by atoms with Gasteiger partial charge in [-0.1, -0.05) is 0 Å². The average Bonchev–Trinajstić information content (AvgIpc) is 2.40. The predicted octanol–water partition coefficient (Wildman–Crippen LogP) is 1.30. The molecule has 0 aliphatic heterocycles. The van der Waals surface area contributed by atoms with Crippen LogP contribution in [0.25, 0.3) is 0 Å². The van der Waals surface area contributed by atoms with Gasteiger partial charge in [-0.15, -0.1) is 0 Å². The third-order valence-corrected chi connectivity index (χ3v) is 16.2. The minimum absolute atomic E-state index is 0. The van der Waals surface area contributed by atoms with Gasteiger partial charge in [-0.3, -0.25) is 0 Å². The molecule has 0 rings (SSSR count). The van der Waals surface area contributed by atoms with Gasteiger partial charge in [-0.05, 0) is 0 Å². The zero-order chi connectivity index (χ0) is 19.3. The molecule has 9 heteroatoms. The Hall–Kier alpha value is 0.580. The van der Waals surface area contributed by atoms with Crippen LogP contribution >= 0.6 is 15.4 Å². The summed E-state index contributed by atoms with van der Waals surface area (Å²) in [5.41, 5.74) is 0. The van der Waals surface area contributed by atoms with E-state index in [1.165, 1.54) is 25.2 Å². The Morgan fingerprint density at radius 1 is 0.400 bits per heavy atom. The van der Waals surface area contributed by atoms with Gasteiger partial charge in [0.25, 0.3) is 0 Å². The maximum absolute atomic E-state index is 2.47. The first-order valence-corrected chi connectivity index (χ1v) is 13.0. The van der Waals surface area contributed by atoms with Crippen molar-refractivity contribution in [3.63, 3.8) is 0 Å². The van der Waals surface area contributed by atoms with Crippen molar-refractivity contribution in [3.8, 4) is 0 Å². The van der Waals surface area contributed by atoms with E-state index in [1.807, 2.05) is 0 Å². The third-order valence-electron chi connectivity index (χ3n) is 5.57. The summed E-state index contributed by atoms with van der Waals surface area (Å²) in [5, 5.41) is 0. The number of hydrogen-bond donors (Lipinski definition) is 0. The van der Waals surface area contributed by atoms with Gasteiger partial charge in [0, 0.05) is 0 Å². The summed E-state index contributed by atoms with van der Waals surface area (Å²) < 4.78 is 14.8. The van der Waals surface area contributed by atoms with Crippen LogP contribution < -0.4 is 0 Å². The Balaban J connectivity index is 0. The molecule has 0 atom stereocenters. The number of hydrogen-bond acceptors (Lipinski definition) is 6. The molecule has 158 valence electrons. The van der Waals surface area contributed by atoms with Crippen LogP contribution in [0.3, 0.4) is 0 Å². The summed E-state index contributed by atoms with van der Waals surface area (Å²) in [5.74, 6) is 0. The topological polar surface area (TPSA) is 50.9 Å². The van der Waals surface area contributed by atoms with Crippen LogP contribution in [-0.2, 0) is 0 Å². The summed E-state index contributed by atoms with van der Waals surface area (Å²) in [7, 11) is 23.4. The molecule has 0 bridgehead atoms. The van der Waals surface area contributed by atoms with Gasteiger partial charge in [-0.2, -0.15) is 0 Å². The van der Waals surface area contributed by atoms with Crippen molar-refractivity contribution in [1.29, 1.82) is 0 Å². The second-order valence-electron chi connectivity index (χ2n) is 8.12. The summed E-state index contributed by atoms with van der Waals surface area (Å²) in [6.45, 7) is 0. The fourth-order valence-electron chi connectivity index (χ4n) is 4.47. The molecule has 0 saturated carbocycles. The Bertz CT molecular complexity index is 287. The minimum atomic E-state index is -1.73. The molecule has 0 aliphatic rings. The molecule has 7 nitrogen and oxygen atoms in total. The SMILES string of the molecule is CN(C)[PH](CCCC[PH](N(C)C)(N(C)C)N(C)C)(N(C)C)N(C)C.O. The van der Waals surface area contributed by atoms with Crippen LogP contribution in [0.2, 0.25) is 0 Å². The van der Waals surface area contributed by atoms with Crippen molar-refractivity contribution in [2.45, 2.75) is 12.8 Å². The van der Waals surface area contributed by atoms with Crippen molar-refractivity contribution in [1.82, 2.24) is 28.0 Å². The molecule has 0 heterocycles. The summed E-state index contributed by atoms with van der Waals surface area (Å²) in [6.07, 6.45) is 5.12. The molecule has 0 saturated heterocycles. The molecular weight excluding hydrogens is 354 g/mol. The van der Waals surface area contributed by atoms with Gasteiger partial charge in [0.1, 0.15) is 0 Å². The molecule has 0 aromatic carbocycles. The molecule has 0 amide bonds. The molecule has 0 fully saturated rings. The van der Waals surface area contributed by atoms with Crippen LogP contribution in [0.5, 0.6) is 0 Å². The standard InChI is InChI=1S/C16H46N6P2.H2O/c1-17(2)23(18(3)4,19(5)6)15-13-14-16-24(20(7)8,21(9)10)22(11)12;/h23-24H,13-16H2,1-12H3;1H2. The van der Waals surface area contributed by atoms with E-state index in [0.29, 0.717) is 0 Å². The zero-order valence-electron chi connectivity index (χ0n) is 19.0. The summed E-state index contributed by atoms with van der Waals surface area (Å²) in [6, 6.07) is 0. The van der Waals surface area contributed by atoms with Crippen LogP contribution in [0.4, 0.5) is 0 Å². The third kappa shape index (κ3) is 6.03. The van der Waals surface area contributed by atoms with Gasteiger partial charge >= 0.3 is 153 Å². The zero-order valence-corrected chi connectivity index (χ0v) is 21.0. The van der Waals surface area contributed by atoms with Crippen molar-refractivity contribution in [2.24, 2.45) is 0 Å². The van der Waals surface area contributed by atoms with E-state index < -0.39 is 15.4 Å². The fourth-order valence-corrected chi connectivity index (χ4v) is 13.4. The number of unbranched alkanes of at least 4 members (excludes halogenated alkanes) is 1. The molecule has 2 N–H and O–H groups in total. The minimum Gasteiger partial charge on any atom is -0.412 e. The summed E-state index contributed by atoms with van der Waals surface area (Å²) >= 11 is 0. The molecule has 0 unspecified atom stereocenters. The average molecular weight is 403 g/mol. The Labute approximate surface area is 159 Å². The van der Waals surface area contributed by atoms with Crippen molar-refractivity contribution in [2.75, 3.05) is 96.9 Å². The van der Waals surface area contributed by atoms with E-state index in [-0.39, 0.29) is 5.48 Å². The van der Waals surface area contributed by atoms with E-state index in [9.17, 15) is 0 Å². The molecule has 0 aromatic rings. The molecule has 0 aliphatic carbocycles. The Morgan fingerprint density at radius 2 is 0.560 bits per heavy atom. The second-order valence-corrected chi connectivity index (χ2v) is 17.6. The van der Waals surface area contributed by atoms with Crippen molar-refractivity contribution >= 4 is 15.4 Å². The van der Waals surface area contributed by atoms with Crippen LogP contribution in [-0.4, -0.2) is 130 Å². The van der Waals surface area contributed by atoms with E-state index in [4.69, 9.17) is 0 Å². The smallest absolute Gasteiger partial charge is 0.412 e. The number of rotatable bonds is 11. The summed E-state index contributed by atoms with van der Waals surface area (Å²) in [4.78, 5) is 0. The van der Waals surface area contributed by atoms with Gasteiger partial charge in [0.15, 0.2) is 0 Å². The van der Waals surface area contributed by atoms with Crippen molar-refractivity contribution in [3.05, 3.63) is 0 Å². The monoisotopic (exact) mass is 402 g/mol. The Morgan fingerprint density at radius 3 is 0.680 bits per heavy atom. The maximum Gasteiger partial charge on any atom is -0.412 e. The van der Waals surface area contributed by atoms with E-state index in [2.05, 4.69) is 113 Å². The normalized spacial score (nSPS) is 15.0. The van der Waals surface area contributed by atoms with Gasteiger partial charge in [0.2, 0.25) is 0 Å². The second kappa shape index (κ2) is 11.4. The van der Waals surface area contributed by atoms with E-state index in [1.54, 1.807) is 0 Å². The van der Waals surface area contributed by atoms with Gasteiger partial charge in [-0.25, -0.2) is 0 Å². The van der Waals surface area contributed by atoms with Crippen LogP contribution in [0.1, 0.15) is 12.8 Å². The molecule has 0 spiro atoms. The van der Waals surface area contributed by atoms with Gasteiger partial charge in [0.05, 0.1) is 0 Å². The van der Waals surface area contributed by atoms with Crippen molar-refractivity contribution < 1.29 is 5.48 Å². The molecule has 0 radical (unpaired) electrons. The van der Waals surface area contributed by atoms with Crippen LogP contribution in [0.15, 0.2) is 0 Å². The first-order valence-electron chi connectivity index (χ1n) is 8.92. The largest absolute Gasteiger partial charge is 0.412 e. The molecule has 25 heavy (non-hydrogen) atoms. The van der Waals surface area contributed by atoms with Gasteiger partial charge < -0.3 is 5.48 Å². The quantitative estimate of drug-likeness (QED) is 0.384.